The van der Waals surface area contributed by atoms with Gasteiger partial charge in [-0.2, -0.15) is 0 Å². The normalized spacial score (nSPS) is 13.3. The van der Waals surface area contributed by atoms with Crippen LogP contribution in [0.5, 0.6) is 0 Å². The van der Waals surface area contributed by atoms with Crippen molar-refractivity contribution in [3.63, 3.8) is 0 Å². The largest absolute Gasteiger partial charge is 0.370 e. The van der Waals surface area contributed by atoms with Crippen molar-refractivity contribution in [2.75, 3.05) is 26.4 Å². The highest BCUT2D eigenvalue weighted by Gasteiger charge is 2.17. The lowest BCUT2D eigenvalue weighted by Gasteiger charge is -2.19. The van der Waals surface area contributed by atoms with Crippen molar-refractivity contribution in [3.8, 4) is 0 Å². The molecule has 0 unspecified atom stereocenters. The molecule has 0 amide bonds. The van der Waals surface area contributed by atoms with E-state index in [4.69, 9.17) is 5.73 Å². The number of hydrogen-bond acceptors (Lipinski definition) is 3. The first kappa shape index (κ1) is 17.5. The van der Waals surface area contributed by atoms with Crippen LogP contribution >= 0.6 is 0 Å². The van der Waals surface area contributed by atoms with Gasteiger partial charge in [-0.05, 0) is 23.1 Å². The fourth-order valence-corrected chi connectivity index (χ4v) is 2.82. The summed E-state index contributed by atoms with van der Waals surface area (Å²) in [6.07, 6.45) is 0. The molecule has 0 aliphatic heterocycles. The average molecular weight is 311 g/mol. The van der Waals surface area contributed by atoms with Crippen LogP contribution in [0.2, 0.25) is 0 Å². The van der Waals surface area contributed by atoms with E-state index >= 15 is 0 Å². The molecule has 118 valence electrons. The third-order valence-electron chi connectivity index (χ3n) is 3.17. The molecule has 0 heterocycles. The first-order chi connectivity index (χ1) is 9.54. The molecule has 5 nitrogen and oxygen atoms in total. The Hall–Kier alpha value is -1.56. The van der Waals surface area contributed by atoms with Crippen LogP contribution in [0.1, 0.15) is 26.3 Å². The monoisotopic (exact) mass is 311 g/mol. The number of rotatable bonds is 4. The average Bonchev–Trinajstić information content (AvgIpc) is 2.37. The molecule has 0 spiro atoms. The second-order valence-corrected chi connectivity index (χ2v) is 8.34. The predicted molar refractivity (Wildman–Crippen MR) is 87.4 cm³/mol. The molecule has 0 fully saturated rings. The number of nitrogens with two attached hydrogens (primary N) is 1. The van der Waals surface area contributed by atoms with Crippen LogP contribution in [-0.2, 0) is 15.3 Å². The number of sulfone groups is 1. The summed E-state index contributed by atoms with van der Waals surface area (Å²) in [5.41, 5.74) is 6.75. The Morgan fingerprint density at radius 3 is 2.14 bits per heavy atom. The lowest BCUT2D eigenvalue weighted by atomic mass is 9.87. The van der Waals surface area contributed by atoms with Crippen molar-refractivity contribution < 1.29 is 8.42 Å². The van der Waals surface area contributed by atoms with Gasteiger partial charge in [-0.3, -0.25) is 4.99 Å². The molecular weight excluding hydrogens is 286 g/mol. The molecule has 0 atom stereocenters. The minimum Gasteiger partial charge on any atom is -0.370 e. The first-order valence-corrected chi connectivity index (χ1v) is 8.50. The topological polar surface area (TPSA) is 75.8 Å². The van der Waals surface area contributed by atoms with Crippen LogP contribution in [0.25, 0.3) is 0 Å². The van der Waals surface area contributed by atoms with Crippen LogP contribution in [0.4, 0.5) is 0 Å². The molecule has 0 saturated heterocycles. The number of hydrogen-bond donors (Lipinski definition) is 1. The standard InChI is InChI=1S/C15H25N3O2S/c1-15(2,3)12-6-8-13(9-7-12)21(19,20)11-10-17-14(16)18(4)5/h6-9H,10-11H2,1-5H3,(H2,16,17). The molecule has 0 aliphatic rings. The van der Waals surface area contributed by atoms with Crippen molar-refractivity contribution in [3.05, 3.63) is 29.8 Å². The highest BCUT2D eigenvalue weighted by molar-refractivity contribution is 7.91. The van der Waals surface area contributed by atoms with Crippen LogP contribution in [-0.4, -0.2) is 45.7 Å². The minimum absolute atomic E-state index is 0.00669. The third-order valence-corrected chi connectivity index (χ3v) is 4.88. The van der Waals surface area contributed by atoms with Crippen molar-refractivity contribution in [1.29, 1.82) is 0 Å². The summed E-state index contributed by atoms with van der Waals surface area (Å²) < 4.78 is 24.4. The SMILES string of the molecule is CN(C)C(N)=NCCS(=O)(=O)c1ccc(C(C)(C)C)cc1. The summed E-state index contributed by atoms with van der Waals surface area (Å²) >= 11 is 0. The Morgan fingerprint density at radius 1 is 1.19 bits per heavy atom. The van der Waals surface area contributed by atoms with Gasteiger partial charge < -0.3 is 10.6 Å². The lowest BCUT2D eigenvalue weighted by Crippen LogP contribution is -2.31. The molecule has 1 aromatic rings. The predicted octanol–water partition coefficient (Wildman–Crippen LogP) is 1.63. The highest BCUT2D eigenvalue weighted by atomic mass is 32.2. The van der Waals surface area contributed by atoms with E-state index in [2.05, 4.69) is 25.8 Å². The Kier molecular flexibility index (Phi) is 5.39. The van der Waals surface area contributed by atoms with Crippen LogP contribution < -0.4 is 5.73 Å². The van der Waals surface area contributed by atoms with E-state index in [1.54, 1.807) is 31.1 Å². The molecule has 2 N–H and O–H groups in total. The van der Waals surface area contributed by atoms with Crippen LogP contribution in [0.15, 0.2) is 34.2 Å². The summed E-state index contributed by atoms with van der Waals surface area (Å²) in [6, 6.07) is 7.05. The van der Waals surface area contributed by atoms with E-state index in [1.165, 1.54) is 0 Å². The number of aliphatic imine (C=N–C) groups is 1. The molecule has 0 saturated carbocycles. The summed E-state index contributed by atoms with van der Waals surface area (Å²) in [7, 11) is 0.200. The molecule has 1 aromatic carbocycles. The molecule has 0 radical (unpaired) electrons. The van der Waals surface area contributed by atoms with Gasteiger partial charge in [0.1, 0.15) is 0 Å². The maximum atomic E-state index is 12.2. The maximum Gasteiger partial charge on any atom is 0.190 e. The Labute approximate surface area is 127 Å². The van der Waals surface area contributed by atoms with E-state index in [9.17, 15) is 8.42 Å². The molecule has 0 aromatic heterocycles. The zero-order valence-electron chi connectivity index (χ0n) is 13.4. The quantitative estimate of drug-likeness (QED) is 0.677. The number of nitrogens with zero attached hydrogens (tertiary/aromatic N) is 2. The Morgan fingerprint density at radius 2 is 1.71 bits per heavy atom. The van der Waals surface area contributed by atoms with Gasteiger partial charge in [0.2, 0.25) is 0 Å². The van der Waals surface area contributed by atoms with E-state index in [1.807, 2.05) is 12.1 Å². The van der Waals surface area contributed by atoms with Gasteiger partial charge >= 0.3 is 0 Å². The van der Waals surface area contributed by atoms with Gasteiger partial charge in [-0.15, -0.1) is 0 Å². The lowest BCUT2D eigenvalue weighted by molar-refractivity contribution is 0.586. The number of guanidine groups is 1. The van der Waals surface area contributed by atoms with Gasteiger partial charge in [-0.1, -0.05) is 32.9 Å². The third kappa shape index (κ3) is 5.04. The Balaban J connectivity index is 2.82. The first-order valence-electron chi connectivity index (χ1n) is 6.84. The number of benzene rings is 1. The van der Waals surface area contributed by atoms with Gasteiger partial charge in [0.15, 0.2) is 15.8 Å². The summed E-state index contributed by atoms with van der Waals surface area (Å²) in [6.45, 7) is 6.44. The molecule has 1 rings (SSSR count). The van der Waals surface area contributed by atoms with Crippen molar-refractivity contribution in [2.24, 2.45) is 10.7 Å². The maximum absolute atomic E-state index is 12.2. The van der Waals surface area contributed by atoms with Crippen molar-refractivity contribution in [2.45, 2.75) is 31.1 Å². The van der Waals surface area contributed by atoms with Gasteiger partial charge in [-0.25, -0.2) is 8.42 Å². The zero-order valence-corrected chi connectivity index (χ0v) is 14.2. The second kappa shape index (κ2) is 6.47. The molecule has 0 bridgehead atoms. The van der Waals surface area contributed by atoms with E-state index < -0.39 is 9.84 Å². The summed E-state index contributed by atoms with van der Waals surface area (Å²) in [4.78, 5) is 6.00. The second-order valence-electron chi connectivity index (χ2n) is 6.23. The van der Waals surface area contributed by atoms with E-state index in [-0.39, 0.29) is 17.7 Å². The van der Waals surface area contributed by atoms with Crippen LogP contribution in [0.3, 0.4) is 0 Å². The van der Waals surface area contributed by atoms with Gasteiger partial charge in [0, 0.05) is 14.1 Å². The van der Waals surface area contributed by atoms with Crippen molar-refractivity contribution in [1.82, 2.24) is 4.90 Å². The summed E-state index contributed by atoms with van der Waals surface area (Å²) in [5.74, 6) is 0.282. The molecule has 21 heavy (non-hydrogen) atoms. The minimum atomic E-state index is -3.33. The fraction of sp³-hybridized carbons (Fsp3) is 0.533. The van der Waals surface area contributed by atoms with Gasteiger partial charge in [0.25, 0.3) is 0 Å². The smallest absolute Gasteiger partial charge is 0.190 e. The molecular formula is C15H25N3O2S. The Bertz CT molecular complexity index is 597. The molecule has 0 aliphatic carbocycles. The van der Waals surface area contributed by atoms with E-state index in [0.29, 0.717) is 10.9 Å². The molecule has 6 heteroatoms. The van der Waals surface area contributed by atoms with Crippen molar-refractivity contribution >= 4 is 15.8 Å². The summed E-state index contributed by atoms with van der Waals surface area (Å²) in [5, 5.41) is 0. The zero-order chi connectivity index (χ0) is 16.3. The van der Waals surface area contributed by atoms with E-state index in [0.717, 1.165) is 5.56 Å². The highest BCUT2D eigenvalue weighted by Crippen LogP contribution is 2.23. The fourth-order valence-electron chi connectivity index (χ4n) is 1.70. The van der Waals surface area contributed by atoms with Crippen LogP contribution in [0, 0.1) is 0 Å². The van der Waals surface area contributed by atoms with Gasteiger partial charge in [0.05, 0.1) is 17.2 Å².